The molecule has 1 aliphatic rings. The smallest absolute Gasteiger partial charge is 0.159 e. The van der Waals surface area contributed by atoms with E-state index in [0.29, 0.717) is 18.0 Å². The van der Waals surface area contributed by atoms with Crippen molar-refractivity contribution in [2.45, 2.75) is 26.3 Å². The molecule has 0 bridgehead atoms. The molecule has 1 unspecified atom stereocenters. The number of piperidine rings is 1. The van der Waals surface area contributed by atoms with Crippen molar-refractivity contribution in [1.29, 1.82) is 0 Å². The first-order valence-electron chi connectivity index (χ1n) is 7.14. The number of hydrogen-bond donors (Lipinski definition) is 1. The molecule has 20 heavy (non-hydrogen) atoms. The van der Waals surface area contributed by atoms with Gasteiger partial charge in [0.15, 0.2) is 5.78 Å². The molecule has 0 radical (unpaired) electrons. The first-order valence-corrected chi connectivity index (χ1v) is 7.14. The van der Waals surface area contributed by atoms with E-state index in [-0.39, 0.29) is 11.5 Å². The molecule has 1 aromatic rings. The Labute approximate surface area is 120 Å². The molecule has 1 heterocycles. The van der Waals surface area contributed by atoms with Crippen molar-refractivity contribution in [3.63, 3.8) is 0 Å². The van der Waals surface area contributed by atoms with Gasteiger partial charge in [0.1, 0.15) is 5.75 Å². The topological polar surface area (TPSA) is 49.8 Å². The van der Waals surface area contributed by atoms with E-state index in [1.165, 1.54) is 6.42 Å². The van der Waals surface area contributed by atoms with Crippen molar-refractivity contribution in [3.05, 3.63) is 29.3 Å². The summed E-state index contributed by atoms with van der Waals surface area (Å²) in [5.74, 6) is 0.859. The van der Waals surface area contributed by atoms with Gasteiger partial charge in [-0.25, -0.2) is 0 Å². The SMILES string of the molecule is COCC1CCCN(Cc2cc(C(C)=O)ccc2O)C1. The molecule has 0 aliphatic carbocycles. The lowest BCUT2D eigenvalue weighted by Gasteiger charge is -2.32. The molecule has 2 rings (SSSR count). The van der Waals surface area contributed by atoms with Crippen molar-refractivity contribution in [1.82, 2.24) is 4.90 Å². The van der Waals surface area contributed by atoms with Gasteiger partial charge in [-0.1, -0.05) is 0 Å². The second kappa shape index (κ2) is 6.86. The minimum Gasteiger partial charge on any atom is -0.508 e. The highest BCUT2D eigenvalue weighted by Crippen LogP contribution is 2.24. The summed E-state index contributed by atoms with van der Waals surface area (Å²) < 4.78 is 5.23. The summed E-state index contributed by atoms with van der Waals surface area (Å²) in [5.41, 5.74) is 1.49. The summed E-state index contributed by atoms with van der Waals surface area (Å²) in [6.45, 7) is 5.04. The second-order valence-electron chi connectivity index (χ2n) is 5.60. The van der Waals surface area contributed by atoms with Crippen LogP contribution >= 0.6 is 0 Å². The molecule has 110 valence electrons. The maximum atomic E-state index is 11.4. The van der Waals surface area contributed by atoms with Gasteiger partial charge in [-0.3, -0.25) is 9.69 Å². The fraction of sp³-hybridized carbons (Fsp3) is 0.562. The molecule has 1 aromatic carbocycles. The molecule has 4 nitrogen and oxygen atoms in total. The number of carbonyl (C=O) groups excluding carboxylic acids is 1. The minimum absolute atomic E-state index is 0.0298. The maximum Gasteiger partial charge on any atom is 0.159 e. The van der Waals surface area contributed by atoms with Crippen LogP contribution in [0.15, 0.2) is 18.2 Å². The van der Waals surface area contributed by atoms with Crippen LogP contribution < -0.4 is 0 Å². The highest BCUT2D eigenvalue weighted by Gasteiger charge is 2.20. The lowest BCUT2D eigenvalue weighted by molar-refractivity contribution is 0.0870. The van der Waals surface area contributed by atoms with Gasteiger partial charge >= 0.3 is 0 Å². The Kier molecular flexibility index (Phi) is 5.15. The van der Waals surface area contributed by atoms with Gasteiger partial charge < -0.3 is 9.84 Å². The summed E-state index contributed by atoms with van der Waals surface area (Å²) >= 11 is 0. The standard InChI is InChI=1S/C16H23NO3/c1-12(18)14-5-6-16(19)15(8-14)10-17-7-3-4-13(9-17)11-20-2/h5-6,8,13,19H,3-4,7,9-11H2,1-2H3. The number of ketones is 1. The highest BCUT2D eigenvalue weighted by molar-refractivity contribution is 5.94. The van der Waals surface area contributed by atoms with Crippen molar-refractivity contribution < 1.29 is 14.6 Å². The van der Waals surface area contributed by atoms with Gasteiger partial charge in [0.05, 0.1) is 6.61 Å². The van der Waals surface area contributed by atoms with Crippen LogP contribution in [0.4, 0.5) is 0 Å². The lowest BCUT2D eigenvalue weighted by atomic mass is 9.98. The molecule has 1 saturated heterocycles. The Morgan fingerprint density at radius 3 is 3.00 bits per heavy atom. The van der Waals surface area contributed by atoms with Gasteiger partial charge in [-0.2, -0.15) is 0 Å². The lowest BCUT2D eigenvalue weighted by Crippen LogP contribution is -2.36. The van der Waals surface area contributed by atoms with Crippen LogP contribution in [0.5, 0.6) is 5.75 Å². The van der Waals surface area contributed by atoms with Gasteiger partial charge in [-0.15, -0.1) is 0 Å². The number of ether oxygens (including phenoxy) is 1. The van der Waals surface area contributed by atoms with E-state index < -0.39 is 0 Å². The van der Waals surface area contributed by atoms with Gasteiger partial charge in [0.25, 0.3) is 0 Å². The van der Waals surface area contributed by atoms with Crippen LogP contribution in [0.25, 0.3) is 0 Å². The summed E-state index contributed by atoms with van der Waals surface area (Å²) in [6.07, 6.45) is 2.35. The normalized spacial score (nSPS) is 20.0. The molecule has 1 fully saturated rings. The van der Waals surface area contributed by atoms with Crippen molar-refractivity contribution in [3.8, 4) is 5.75 Å². The number of likely N-dealkylation sites (tertiary alicyclic amines) is 1. The number of nitrogens with zero attached hydrogens (tertiary/aromatic N) is 1. The van der Waals surface area contributed by atoms with E-state index in [1.807, 2.05) is 0 Å². The third kappa shape index (κ3) is 3.81. The van der Waals surface area contributed by atoms with Crippen LogP contribution in [0.1, 0.15) is 35.7 Å². The third-order valence-electron chi connectivity index (χ3n) is 3.89. The number of carbonyl (C=O) groups is 1. The summed E-state index contributed by atoms with van der Waals surface area (Å²) in [7, 11) is 1.74. The molecule has 1 N–H and O–H groups in total. The summed E-state index contributed by atoms with van der Waals surface area (Å²) in [6, 6.07) is 5.09. The van der Waals surface area contributed by atoms with Crippen molar-refractivity contribution in [2.75, 3.05) is 26.8 Å². The predicted molar refractivity (Wildman–Crippen MR) is 78.0 cm³/mol. The minimum atomic E-state index is 0.0298. The number of benzene rings is 1. The molecule has 1 aliphatic heterocycles. The van der Waals surface area contributed by atoms with E-state index in [0.717, 1.165) is 31.7 Å². The average Bonchev–Trinajstić information content (AvgIpc) is 2.42. The largest absolute Gasteiger partial charge is 0.508 e. The van der Waals surface area contributed by atoms with Crippen LogP contribution in [0, 0.1) is 5.92 Å². The van der Waals surface area contributed by atoms with Gasteiger partial charge in [-0.05, 0) is 50.4 Å². The molecule has 4 heteroatoms. The number of methoxy groups -OCH3 is 1. The number of Topliss-reactive ketones (excluding diaryl/α,β-unsaturated/α-hetero) is 1. The van der Waals surface area contributed by atoms with Crippen molar-refractivity contribution in [2.24, 2.45) is 5.92 Å². The molecular weight excluding hydrogens is 254 g/mol. The number of hydrogen-bond acceptors (Lipinski definition) is 4. The van der Waals surface area contributed by atoms with Crippen LogP contribution in [-0.4, -0.2) is 42.6 Å². The zero-order valence-electron chi connectivity index (χ0n) is 12.3. The second-order valence-corrected chi connectivity index (χ2v) is 5.60. The monoisotopic (exact) mass is 277 g/mol. The van der Waals surface area contributed by atoms with Gasteiger partial charge in [0, 0.05) is 31.3 Å². The first kappa shape index (κ1) is 15.0. The number of aromatic hydroxyl groups is 1. The highest BCUT2D eigenvalue weighted by atomic mass is 16.5. The predicted octanol–water partition coefficient (Wildman–Crippen LogP) is 2.45. The van der Waals surface area contributed by atoms with E-state index in [9.17, 15) is 9.90 Å². The summed E-state index contributed by atoms with van der Waals surface area (Å²) in [5, 5.41) is 9.95. The Hall–Kier alpha value is -1.39. The Morgan fingerprint density at radius 2 is 2.30 bits per heavy atom. The molecule has 0 spiro atoms. The molecular formula is C16H23NO3. The Balaban J connectivity index is 2.05. The Morgan fingerprint density at radius 1 is 1.50 bits per heavy atom. The third-order valence-corrected chi connectivity index (χ3v) is 3.89. The first-order chi connectivity index (χ1) is 9.60. The maximum absolute atomic E-state index is 11.4. The van der Waals surface area contributed by atoms with E-state index in [1.54, 1.807) is 32.2 Å². The van der Waals surface area contributed by atoms with Crippen molar-refractivity contribution >= 4 is 5.78 Å². The number of phenolic OH excluding ortho intramolecular Hbond substituents is 1. The Bertz CT molecular complexity index is 471. The van der Waals surface area contributed by atoms with Gasteiger partial charge in [0.2, 0.25) is 0 Å². The molecule has 0 saturated carbocycles. The number of phenols is 1. The molecule has 0 amide bonds. The average molecular weight is 277 g/mol. The fourth-order valence-electron chi connectivity index (χ4n) is 2.84. The molecule has 1 atom stereocenters. The van der Waals surface area contributed by atoms with Crippen LogP contribution in [-0.2, 0) is 11.3 Å². The van der Waals surface area contributed by atoms with E-state index in [4.69, 9.17) is 4.74 Å². The molecule has 0 aromatic heterocycles. The van der Waals surface area contributed by atoms with E-state index in [2.05, 4.69) is 4.90 Å². The van der Waals surface area contributed by atoms with Crippen LogP contribution in [0.2, 0.25) is 0 Å². The zero-order chi connectivity index (χ0) is 14.5. The summed E-state index contributed by atoms with van der Waals surface area (Å²) in [4.78, 5) is 13.8. The quantitative estimate of drug-likeness (QED) is 0.840. The fourth-order valence-corrected chi connectivity index (χ4v) is 2.84. The van der Waals surface area contributed by atoms with E-state index >= 15 is 0 Å². The number of rotatable bonds is 5. The van der Waals surface area contributed by atoms with Crippen LogP contribution in [0.3, 0.4) is 0 Å². The zero-order valence-corrected chi connectivity index (χ0v) is 12.3.